The Kier molecular flexibility index (Phi) is 2.01. The number of nitrogens with zero attached hydrogens (tertiary/aromatic N) is 3. The van der Waals surface area contributed by atoms with Gasteiger partial charge >= 0.3 is 6.97 Å². The molecule has 2 aromatic rings. The van der Waals surface area contributed by atoms with Crippen LogP contribution < -0.4 is 0 Å². The number of halogens is 2. The van der Waals surface area contributed by atoms with Crippen molar-refractivity contribution in [3.63, 3.8) is 0 Å². The van der Waals surface area contributed by atoms with Gasteiger partial charge in [0, 0.05) is 11.9 Å². The van der Waals surface area contributed by atoms with Crippen LogP contribution >= 0.6 is 0 Å². The molecule has 3 heterocycles. The highest BCUT2D eigenvalue weighted by Crippen LogP contribution is 2.19. The molecule has 7 heteroatoms. The Morgan fingerprint density at radius 2 is 2.24 bits per heavy atom. The minimum atomic E-state index is -3.90. The van der Waals surface area contributed by atoms with Gasteiger partial charge in [-0.2, -0.15) is 0 Å². The van der Waals surface area contributed by atoms with Gasteiger partial charge in [0.2, 0.25) is 0 Å². The first kappa shape index (κ1) is 10.0. The van der Waals surface area contributed by atoms with Crippen molar-refractivity contribution in [3.8, 4) is 0 Å². The van der Waals surface area contributed by atoms with Crippen LogP contribution in [0.15, 0.2) is 41.8 Å². The quantitative estimate of drug-likeness (QED) is 0.726. The van der Waals surface area contributed by atoms with Crippen molar-refractivity contribution in [1.29, 1.82) is 0 Å². The van der Waals surface area contributed by atoms with Crippen LogP contribution in [0.2, 0.25) is 0 Å². The van der Waals surface area contributed by atoms with Crippen molar-refractivity contribution in [1.82, 2.24) is 9.46 Å². The Labute approximate surface area is 95.9 Å². The summed E-state index contributed by atoms with van der Waals surface area (Å²) in [6.45, 7) is -3.90. The Bertz CT molecular complexity index is 598. The van der Waals surface area contributed by atoms with E-state index in [1.165, 1.54) is 18.6 Å². The zero-order chi connectivity index (χ0) is 11.9. The molecule has 1 aliphatic rings. The topological polar surface area (TPSA) is 36.1 Å². The van der Waals surface area contributed by atoms with Gasteiger partial charge in [0.25, 0.3) is 0 Å². The van der Waals surface area contributed by atoms with Crippen molar-refractivity contribution in [2.24, 2.45) is 5.10 Å². The largest absolute Gasteiger partial charge is 0.761 e. The summed E-state index contributed by atoms with van der Waals surface area (Å²) in [6, 6.07) is 6.62. The fourth-order valence-corrected chi connectivity index (χ4v) is 1.82. The van der Waals surface area contributed by atoms with Gasteiger partial charge in [-0.15, -0.1) is 0 Å². The third-order valence-corrected chi connectivity index (χ3v) is 2.68. The minimum absolute atomic E-state index is 0.408. The van der Waals surface area contributed by atoms with E-state index in [2.05, 4.69) is 10.1 Å². The van der Waals surface area contributed by atoms with E-state index in [-0.39, 0.29) is 0 Å². The SMILES string of the molecule is F[B-]1(F)n2cccc2C=N/[N+]1=C\c1ccc[nH]1. The Morgan fingerprint density at radius 1 is 1.35 bits per heavy atom. The third-order valence-electron chi connectivity index (χ3n) is 2.68. The van der Waals surface area contributed by atoms with E-state index in [0.717, 1.165) is 4.48 Å². The molecular weight excluding hydrogens is 225 g/mol. The van der Waals surface area contributed by atoms with Gasteiger partial charge in [-0.3, -0.25) is 0 Å². The zero-order valence-electron chi connectivity index (χ0n) is 8.79. The fourth-order valence-electron chi connectivity index (χ4n) is 1.82. The lowest BCUT2D eigenvalue weighted by Crippen LogP contribution is -2.48. The van der Waals surface area contributed by atoms with Gasteiger partial charge in [0.05, 0.1) is 0 Å². The molecule has 0 bridgehead atoms. The highest BCUT2D eigenvalue weighted by Gasteiger charge is 2.48. The normalized spacial score (nSPS) is 19.5. The molecular formula is C10H9BF2N4. The second-order valence-corrected chi connectivity index (χ2v) is 3.81. The molecule has 0 spiro atoms. The summed E-state index contributed by atoms with van der Waals surface area (Å²) in [5, 5.41) is 3.76. The lowest BCUT2D eigenvalue weighted by Gasteiger charge is -2.23. The Morgan fingerprint density at radius 3 is 3.00 bits per heavy atom. The highest BCUT2D eigenvalue weighted by molar-refractivity contribution is 6.57. The number of hydrazone groups is 1. The molecule has 0 aliphatic carbocycles. The summed E-state index contributed by atoms with van der Waals surface area (Å²) >= 11 is 0. The molecule has 0 amide bonds. The average Bonchev–Trinajstić information content (AvgIpc) is 2.93. The van der Waals surface area contributed by atoms with Crippen LogP contribution in [0.3, 0.4) is 0 Å². The van der Waals surface area contributed by atoms with Crippen molar-refractivity contribution in [2.75, 3.05) is 0 Å². The number of aromatic amines is 1. The van der Waals surface area contributed by atoms with E-state index < -0.39 is 6.97 Å². The zero-order valence-corrected chi connectivity index (χ0v) is 8.79. The Balaban J connectivity index is 2.10. The molecule has 4 nitrogen and oxygen atoms in total. The van der Waals surface area contributed by atoms with E-state index >= 15 is 0 Å². The van der Waals surface area contributed by atoms with Crippen LogP contribution in [-0.2, 0) is 0 Å². The molecule has 0 saturated heterocycles. The molecule has 0 atom stereocenters. The number of rotatable bonds is 1. The molecule has 0 aromatic carbocycles. The molecule has 1 aliphatic heterocycles. The molecule has 0 radical (unpaired) electrons. The summed E-state index contributed by atoms with van der Waals surface area (Å²) in [7, 11) is 0. The molecule has 2 aromatic heterocycles. The molecule has 0 unspecified atom stereocenters. The second kappa shape index (κ2) is 3.41. The average molecular weight is 234 g/mol. The first-order valence-corrected chi connectivity index (χ1v) is 5.18. The van der Waals surface area contributed by atoms with Gasteiger partial charge in [-0.05, 0) is 30.5 Å². The van der Waals surface area contributed by atoms with Crippen molar-refractivity contribution >= 4 is 19.4 Å². The maximum atomic E-state index is 14.1. The van der Waals surface area contributed by atoms with Crippen LogP contribution in [0.25, 0.3) is 0 Å². The second-order valence-electron chi connectivity index (χ2n) is 3.81. The molecule has 86 valence electrons. The highest BCUT2D eigenvalue weighted by atomic mass is 19.2. The van der Waals surface area contributed by atoms with E-state index in [1.807, 2.05) is 0 Å². The van der Waals surface area contributed by atoms with Crippen LogP contribution in [-0.4, -0.2) is 33.5 Å². The number of hydrogen-bond donors (Lipinski definition) is 1. The van der Waals surface area contributed by atoms with Gasteiger partial charge in [0.15, 0.2) is 6.21 Å². The summed E-state index contributed by atoms with van der Waals surface area (Å²) in [6.07, 6.45) is 5.74. The number of nitrogens with one attached hydrogen (secondary N) is 1. The maximum absolute atomic E-state index is 14.1. The molecule has 17 heavy (non-hydrogen) atoms. The van der Waals surface area contributed by atoms with Crippen LogP contribution in [0.4, 0.5) is 8.63 Å². The Hall–Kier alpha value is -2.18. The summed E-state index contributed by atoms with van der Waals surface area (Å²) in [4.78, 5) is 2.84. The standard InChI is InChI=1S/C10H9BF2N4/c12-11(13)16-6-2-4-10(16)7-15-17(11)8-9-3-1-5-14-9/h1-8,14H/b17-8-. The van der Waals surface area contributed by atoms with Crippen LogP contribution in [0, 0.1) is 0 Å². The smallest absolute Gasteiger partial charge is 0.393 e. The summed E-state index contributed by atoms with van der Waals surface area (Å²) in [5.41, 5.74) is 0.991. The van der Waals surface area contributed by atoms with E-state index in [0.29, 0.717) is 16.0 Å². The predicted octanol–water partition coefficient (Wildman–Crippen LogP) is 1.52. The van der Waals surface area contributed by atoms with E-state index in [1.54, 1.807) is 30.5 Å². The van der Waals surface area contributed by atoms with Crippen molar-refractivity contribution < 1.29 is 13.2 Å². The molecule has 0 saturated carbocycles. The monoisotopic (exact) mass is 234 g/mol. The first-order chi connectivity index (χ1) is 8.18. The summed E-state index contributed by atoms with van der Waals surface area (Å²) < 4.78 is 29.8. The molecule has 1 N–H and O–H groups in total. The predicted molar refractivity (Wildman–Crippen MR) is 61.6 cm³/mol. The third kappa shape index (κ3) is 1.51. The van der Waals surface area contributed by atoms with Gasteiger partial charge < -0.3 is 18.1 Å². The summed E-state index contributed by atoms with van der Waals surface area (Å²) in [5.74, 6) is 0. The molecule has 0 fully saturated rings. The fraction of sp³-hybridized carbons (Fsp3) is 0. The molecule has 3 rings (SSSR count). The van der Waals surface area contributed by atoms with Crippen molar-refractivity contribution in [2.45, 2.75) is 0 Å². The minimum Gasteiger partial charge on any atom is -0.393 e. The van der Waals surface area contributed by atoms with E-state index in [9.17, 15) is 8.63 Å². The number of hydrogen-bond acceptors (Lipinski definition) is 1. The van der Waals surface area contributed by atoms with Crippen LogP contribution in [0.5, 0.6) is 0 Å². The van der Waals surface area contributed by atoms with E-state index in [4.69, 9.17) is 0 Å². The first-order valence-electron chi connectivity index (χ1n) is 5.18. The van der Waals surface area contributed by atoms with Crippen LogP contribution in [0.1, 0.15) is 11.4 Å². The number of H-pyrrole nitrogens is 1. The van der Waals surface area contributed by atoms with Gasteiger partial charge in [0.1, 0.15) is 11.9 Å². The van der Waals surface area contributed by atoms with Crippen molar-refractivity contribution in [3.05, 3.63) is 48.0 Å². The lowest BCUT2D eigenvalue weighted by atomic mass is 9.97. The number of fused-ring (bicyclic) bond motifs is 1. The van der Waals surface area contributed by atoms with Gasteiger partial charge in [-0.1, -0.05) is 5.10 Å². The maximum Gasteiger partial charge on any atom is 0.761 e. The number of aromatic nitrogens is 2. The van der Waals surface area contributed by atoms with Gasteiger partial charge in [-0.25, -0.2) is 4.60 Å². The lowest BCUT2D eigenvalue weighted by molar-refractivity contribution is -0.426.